The summed E-state index contributed by atoms with van der Waals surface area (Å²) >= 11 is 0. The Labute approximate surface area is 181 Å². The molecule has 1 aliphatic rings. The highest BCUT2D eigenvalue weighted by Gasteiger charge is 2.17. The molecule has 0 aromatic heterocycles. The number of hydrogen-bond acceptors (Lipinski definition) is 5. The van der Waals surface area contributed by atoms with Gasteiger partial charge in [0.15, 0.2) is 11.5 Å². The van der Waals surface area contributed by atoms with Gasteiger partial charge in [0.25, 0.3) is 5.91 Å². The van der Waals surface area contributed by atoms with Crippen molar-refractivity contribution in [2.75, 3.05) is 46.4 Å². The first-order chi connectivity index (χ1) is 15.0. The standard InChI is InChI=1S/C23H29F2N3O3/c1-30-21-16-19(8-9-20(21)31-23(24)25)22(29)26-10-5-11-27-12-14-28(15-13-27)17-18-6-3-2-4-7-18/h2-4,6-9,16,23H,5,10-15,17H2,1H3,(H,26,29). The summed E-state index contributed by atoms with van der Waals surface area (Å²) in [5.74, 6) is -0.267. The van der Waals surface area contributed by atoms with Crippen molar-refractivity contribution < 1.29 is 23.0 Å². The molecule has 3 rings (SSSR count). The summed E-state index contributed by atoms with van der Waals surface area (Å²) in [6.07, 6.45) is 0.841. The van der Waals surface area contributed by atoms with Gasteiger partial charge in [-0.1, -0.05) is 30.3 Å². The molecule has 31 heavy (non-hydrogen) atoms. The monoisotopic (exact) mass is 433 g/mol. The van der Waals surface area contributed by atoms with Crippen molar-refractivity contribution >= 4 is 5.91 Å². The average molecular weight is 433 g/mol. The number of benzene rings is 2. The topological polar surface area (TPSA) is 54.0 Å². The first-order valence-corrected chi connectivity index (χ1v) is 10.4. The number of nitrogens with zero attached hydrogens (tertiary/aromatic N) is 2. The van der Waals surface area contributed by atoms with Crippen molar-refractivity contribution in [3.63, 3.8) is 0 Å². The number of rotatable bonds is 10. The molecule has 6 nitrogen and oxygen atoms in total. The molecule has 168 valence electrons. The van der Waals surface area contributed by atoms with Gasteiger partial charge in [-0.15, -0.1) is 0 Å². The highest BCUT2D eigenvalue weighted by Crippen LogP contribution is 2.29. The van der Waals surface area contributed by atoms with Crippen LogP contribution in [0.5, 0.6) is 11.5 Å². The lowest BCUT2D eigenvalue weighted by Gasteiger charge is -2.34. The van der Waals surface area contributed by atoms with E-state index in [1.807, 2.05) is 6.07 Å². The molecule has 0 bridgehead atoms. The molecule has 1 heterocycles. The van der Waals surface area contributed by atoms with Gasteiger partial charge in [-0.2, -0.15) is 8.78 Å². The van der Waals surface area contributed by atoms with Crippen LogP contribution in [-0.2, 0) is 6.54 Å². The first-order valence-electron chi connectivity index (χ1n) is 10.4. The van der Waals surface area contributed by atoms with Gasteiger partial charge in [0.2, 0.25) is 0 Å². The van der Waals surface area contributed by atoms with Crippen LogP contribution in [0.2, 0.25) is 0 Å². The van der Waals surface area contributed by atoms with E-state index >= 15 is 0 Å². The van der Waals surface area contributed by atoms with Crippen LogP contribution in [0.4, 0.5) is 8.78 Å². The number of ether oxygens (including phenoxy) is 2. The van der Waals surface area contributed by atoms with Crippen molar-refractivity contribution in [1.29, 1.82) is 0 Å². The molecule has 1 fully saturated rings. The summed E-state index contributed by atoms with van der Waals surface area (Å²) in [5.41, 5.74) is 1.68. The van der Waals surface area contributed by atoms with E-state index in [9.17, 15) is 13.6 Å². The zero-order chi connectivity index (χ0) is 22.1. The van der Waals surface area contributed by atoms with Gasteiger partial charge >= 0.3 is 6.61 Å². The molecule has 1 saturated heterocycles. The van der Waals surface area contributed by atoms with Crippen molar-refractivity contribution in [2.24, 2.45) is 0 Å². The van der Waals surface area contributed by atoms with Crippen LogP contribution < -0.4 is 14.8 Å². The molecular formula is C23H29F2N3O3. The van der Waals surface area contributed by atoms with Crippen molar-refractivity contribution in [2.45, 2.75) is 19.6 Å². The minimum Gasteiger partial charge on any atom is -0.493 e. The van der Waals surface area contributed by atoms with Gasteiger partial charge in [-0.25, -0.2) is 0 Å². The fourth-order valence-electron chi connectivity index (χ4n) is 3.62. The summed E-state index contributed by atoms with van der Waals surface area (Å²) in [7, 11) is 1.34. The minimum absolute atomic E-state index is 0.0968. The van der Waals surface area contributed by atoms with Crippen molar-refractivity contribution in [3.05, 3.63) is 59.7 Å². The molecule has 0 unspecified atom stereocenters. The minimum atomic E-state index is -2.95. The summed E-state index contributed by atoms with van der Waals surface area (Å²) < 4.78 is 34.2. The number of nitrogens with one attached hydrogen (secondary N) is 1. The number of alkyl halides is 2. The maximum absolute atomic E-state index is 12.4. The highest BCUT2D eigenvalue weighted by atomic mass is 19.3. The Bertz CT molecular complexity index is 828. The molecule has 0 radical (unpaired) electrons. The normalized spacial score (nSPS) is 15.1. The zero-order valence-corrected chi connectivity index (χ0v) is 17.7. The summed E-state index contributed by atoms with van der Waals surface area (Å²) in [6, 6.07) is 14.7. The Morgan fingerprint density at radius 1 is 1.03 bits per heavy atom. The Morgan fingerprint density at radius 2 is 1.74 bits per heavy atom. The van der Waals surface area contributed by atoms with Gasteiger partial charge < -0.3 is 19.7 Å². The van der Waals surface area contributed by atoms with Crippen LogP contribution in [0.15, 0.2) is 48.5 Å². The summed E-state index contributed by atoms with van der Waals surface area (Å²) in [4.78, 5) is 17.2. The molecule has 0 spiro atoms. The van der Waals surface area contributed by atoms with Crippen LogP contribution in [0, 0.1) is 0 Å². The fourth-order valence-corrected chi connectivity index (χ4v) is 3.62. The van der Waals surface area contributed by atoms with E-state index in [1.165, 1.54) is 30.9 Å². The second kappa shape index (κ2) is 11.6. The molecule has 8 heteroatoms. The SMILES string of the molecule is COc1cc(C(=O)NCCCN2CCN(Cc3ccccc3)CC2)ccc1OC(F)F. The Kier molecular flexibility index (Phi) is 8.61. The lowest BCUT2D eigenvalue weighted by atomic mass is 10.2. The second-order valence-electron chi connectivity index (χ2n) is 7.46. The molecular weight excluding hydrogens is 404 g/mol. The third-order valence-corrected chi connectivity index (χ3v) is 5.29. The van der Waals surface area contributed by atoms with Crippen molar-refractivity contribution in [3.8, 4) is 11.5 Å². The van der Waals surface area contributed by atoms with Crippen molar-refractivity contribution in [1.82, 2.24) is 15.1 Å². The second-order valence-corrected chi connectivity index (χ2v) is 7.46. The van der Waals surface area contributed by atoms with E-state index in [-0.39, 0.29) is 17.4 Å². The van der Waals surface area contributed by atoms with E-state index in [1.54, 1.807) is 0 Å². The van der Waals surface area contributed by atoms with E-state index < -0.39 is 6.61 Å². The zero-order valence-electron chi connectivity index (χ0n) is 17.7. The van der Waals surface area contributed by atoms with Crippen LogP contribution in [-0.4, -0.2) is 68.7 Å². The number of methoxy groups -OCH3 is 1. The highest BCUT2D eigenvalue weighted by molar-refractivity contribution is 5.94. The quantitative estimate of drug-likeness (QED) is 0.583. The molecule has 0 aliphatic carbocycles. The number of piperazine rings is 1. The lowest BCUT2D eigenvalue weighted by molar-refractivity contribution is -0.0512. The smallest absolute Gasteiger partial charge is 0.387 e. The number of hydrogen-bond donors (Lipinski definition) is 1. The maximum Gasteiger partial charge on any atom is 0.387 e. The summed E-state index contributed by atoms with van der Waals surface area (Å²) in [6.45, 7) is 3.60. The fraction of sp³-hybridized carbons (Fsp3) is 0.435. The summed E-state index contributed by atoms with van der Waals surface area (Å²) in [5, 5.41) is 2.87. The van der Waals surface area contributed by atoms with E-state index in [2.05, 4.69) is 44.1 Å². The van der Waals surface area contributed by atoms with Gasteiger partial charge in [0.05, 0.1) is 7.11 Å². The predicted molar refractivity (Wildman–Crippen MR) is 115 cm³/mol. The molecule has 1 aliphatic heterocycles. The molecule has 1 N–H and O–H groups in total. The van der Waals surface area contributed by atoms with Gasteiger partial charge in [0.1, 0.15) is 0 Å². The lowest BCUT2D eigenvalue weighted by Crippen LogP contribution is -2.46. The Balaban J connectivity index is 1.36. The number of carbonyl (C=O) groups is 1. The van der Waals surface area contributed by atoms with Crippen LogP contribution >= 0.6 is 0 Å². The van der Waals surface area contributed by atoms with E-state index in [0.29, 0.717) is 12.1 Å². The van der Waals surface area contributed by atoms with Crippen LogP contribution in [0.3, 0.4) is 0 Å². The third kappa shape index (κ3) is 7.18. The van der Waals surface area contributed by atoms with Crippen LogP contribution in [0.1, 0.15) is 22.3 Å². The largest absolute Gasteiger partial charge is 0.493 e. The van der Waals surface area contributed by atoms with Gasteiger partial charge in [-0.05, 0) is 36.7 Å². The van der Waals surface area contributed by atoms with E-state index in [4.69, 9.17) is 4.74 Å². The molecule has 0 saturated carbocycles. The van der Waals surface area contributed by atoms with Gasteiger partial charge in [-0.3, -0.25) is 9.69 Å². The Morgan fingerprint density at radius 3 is 2.42 bits per heavy atom. The maximum atomic E-state index is 12.4. The van der Waals surface area contributed by atoms with Gasteiger partial charge in [0, 0.05) is 44.8 Å². The van der Waals surface area contributed by atoms with Crippen LogP contribution in [0.25, 0.3) is 0 Å². The van der Waals surface area contributed by atoms with E-state index in [0.717, 1.165) is 45.7 Å². The molecule has 1 amide bonds. The number of amides is 1. The number of halogens is 2. The Hall–Kier alpha value is -2.71. The predicted octanol–water partition coefficient (Wildman–Crippen LogP) is 3.23. The molecule has 0 atom stereocenters. The molecule has 2 aromatic carbocycles. The first kappa shape index (κ1) is 23.0. The third-order valence-electron chi connectivity index (χ3n) is 5.29. The average Bonchev–Trinajstić information content (AvgIpc) is 2.78. The molecule has 2 aromatic rings. The number of carbonyl (C=O) groups excluding carboxylic acids is 1.